The van der Waals surface area contributed by atoms with Crippen LogP contribution in [0, 0.1) is 0 Å². The van der Waals surface area contributed by atoms with Gasteiger partial charge in [0, 0.05) is 9.50 Å². The summed E-state index contributed by atoms with van der Waals surface area (Å²) in [6.45, 7) is 0. The normalized spacial score (nSPS) is 12.7. The van der Waals surface area contributed by atoms with Crippen LogP contribution in [0.5, 0.6) is 0 Å². The Morgan fingerprint density at radius 3 is 2.59 bits per heavy atom. The second kappa shape index (κ2) is 5.44. The van der Waals surface area contributed by atoms with Crippen LogP contribution in [0.25, 0.3) is 0 Å². The number of hydrogen-bond donors (Lipinski definition) is 1. The highest BCUT2D eigenvalue weighted by Gasteiger charge is 2.13. The van der Waals surface area contributed by atoms with Crippen molar-refractivity contribution in [2.24, 2.45) is 5.73 Å². The molecule has 0 aliphatic carbocycles. The summed E-state index contributed by atoms with van der Waals surface area (Å²) in [5.74, 6) is 0.661. The van der Waals surface area contributed by atoms with E-state index >= 15 is 0 Å². The summed E-state index contributed by atoms with van der Waals surface area (Å²) < 4.78 is 6.21. The van der Waals surface area contributed by atoms with Crippen molar-refractivity contribution < 1.29 is 4.42 Å². The topological polar surface area (TPSA) is 39.2 Å². The molecule has 0 amide bonds. The zero-order chi connectivity index (χ0) is 12.4. The van der Waals surface area contributed by atoms with Crippen LogP contribution < -0.4 is 5.73 Å². The fourth-order valence-electron chi connectivity index (χ4n) is 1.55. The van der Waals surface area contributed by atoms with Gasteiger partial charge < -0.3 is 10.2 Å². The molecule has 1 aromatic heterocycles. The van der Waals surface area contributed by atoms with Gasteiger partial charge in [-0.3, -0.25) is 0 Å². The summed E-state index contributed by atoms with van der Waals surface area (Å²) in [6.07, 6.45) is 0.607. The molecule has 2 nitrogen and oxygen atoms in total. The van der Waals surface area contributed by atoms with E-state index in [9.17, 15) is 0 Å². The Morgan fingerprint density at radius 2 is 2.00 bits per heavy atom. The Hall–Kier alpha value is -0.480. The van der Waals surface area contributed by atoms with E-state index < -0.39 is 0 Å². The van der Waals surface area contributed by atoms with Gasteiger partial charge in [0.2, 0.25) is 0 Å². The van der Waals surface area contributed by atoms with Crippen LogP contribution in [-0.2, 0) is 6.42 Å². The molecule has 5 heteroatoms. The highest BCUT2D eigenvalue weighted by molar-refractivity contribution is 9.10. The smallest absolute Gasteiger partial charge is 0.193 e. The molecule has 1 aromatic carbocycles. The average molecular weight is 335 g/mol. The van der Waals surface area contributed by atoms with Crippen molar-refractivity contribution in [1.82, 2.24) is 0 Å². The molecule has 0 aliphatic heterocycles. The Bertz CT molecular complexity index is 527. The Kier molecular flexibility index (Phi) is 4.15. The first kappa shape index (κ1) is 13.0. The van der Waals surface area contributed by atoms with Crippen molar-refractivity contribution in [3.8, 4) is 0 Å². The van der Waals surface area contributed by atoms with Gasteiger partial charge in [0.15, 0.2) is 5.22 Å². The third kappa shape index (κ3) is 3.26. The van der Waals surface area contributed by atoms with Crippen LogP contribution in [0.15, 0.2) is 39.2 Å². The lowest BCUT2D eigenvalue weighted by Crippen LogP contribution is -2.12. The molecule has 0 saturated carbocycles. The molecule has 0 radical (unpaired) electrons. The van der Waals surface area contributed by atoms with E-state index in [-0.39, 0.29) is 6.04 Å². The third-order valence-corrected chi connectivity index (χ3v) is 3.46. The van der Waals surface area contributed by atoms with E-state index in [0.29, 0.717) is 22.4 Å². The quantitative estimate of drug-likeness (QED) is 0.891. The van der Waals surface area contributed by atoms with Crippen LogP contribution in [0.2, 0.25) is 10.2 Å². The largest absolute Gasteiger partial charge is 0.448 e. The second-order valence-electron chi connectivity index (χ2n) is 3.69. The zero-order valence-electron chi connectivity index (χ0n) is 8.79. The second-order valence-corrected chi connectivity index (χ2v) is 5.38. The summed E-state index contributed by atoms with van der Waals surface area (Å²) in [7, 11) is 0. The van der Waals surface area contributed by atoms with Crippen LogP contribution in [-0.4, -0.2) is 0 Å². The van der Waals surface area contributed by atoms with Gasteiger partial charge in [-0.25, -0.2) is 0 Å². The molecule has 0 aliphatic rings. The van der Waals surface area contributed by atoms with Crippen molar-refractivity contribution in [3.63, 3.8) is 0 Å². The molecule has 2 aromatic rings. The number of furan rings is 1. The fraction of sp³-hybridized carbons (Fsp3) is 0.167. The lowest BCUT2D eigenvalue weighted by atomic mass is 10.0. The van der Waals surface area contributed by atoms with E-state index in [1.54, 1.807) is 12.1 Å². The van der Waals surface area contributed by atoms with Crippen molar-refractivity contribution in [1.29, 1.82) is 0 Å². The average Bonchev–Trinajstić information content (AvgIpc) is 2.69. The lowest BCUT2D eigenvalue weighted by Gasteiger charge is -2.10. The minimum Gasteiger partial charge on any atom is -0.448 e. The first-order chi connectivity index (χ1) is 8.06. The van der Waals surface area contributed by atoms with Crippen LogP contribution in [0.4, 0.5) is 0 Å². The molecule has 17 heavy (non-hydrogen) atoms. The van der Waals surface area contributed by atoms with E-state index in [1.807, 2.05) is 18.2 Å². The predicted octanol–water partition coefficient (Wildman–Crippen LogP) is 4.59. The van der Waals surface area contributed by atoms with Gasteiger partial charge in [0.05, 0.1) is 6.04 Å². The summed E-state index contributed by atoms with van der Waals surface area (Å²) in [4.78, 5) is 0. The predicted molar refractivity (Wildman–Crippen MR) is 73.5 cm³/mol. The minimum atomic E-state index is -0.249. The molecular formula is C12H10BrCl2NO. The number of hydrogen-bond acceptors (Lipinski definition) is 2. The molecule has 1 heterocycles. The number of halogens is 3. The third-order valence-electron chi connectivity index (χ3n) is 2.41. The summed E-state index contributed by atoms with van der Waals surface area (Å²) in [6, 6.07) is 8.93. The maximum Gasteiger partial charge on any atom is 0.193 e. The maximum absolute atomic E-state index is 6.12. The van der Waals surface area contributed by atoms with Crippen molar-refractivity contribution >= 4 is 39.1 Å². The zero-order valence-corrected chi connectivity index (χ0v) is 11.9. The van der Waals surface area contributed by atoms with Crippen molar-refractivity contribution in [2.75, 3.05) is 0 Å². The van der Waals surface area contributed by atoms with E-state index in [1.165, 1.54) is 0 Å². The summed E-state index contributed by atoms with van der Waals surface area (Å²) in [5, 5.41) is 1.03. The summed E-state index contributed by atoms with van der Waals surface area (Å²) in [5.41, 5.74) is 7.01. The molecule has 1 atom stereocenters. The highest BCUT2D eigenvalue weighted by Crippen LogP contribution is 2.26. The van der Waals surface area contributed by atoms with E-state index in [4.69, 9.17) is 33.4 Å². The van der Waals surface area contributed by atoms with Gasteiger partial charge in [-0.2, -0.15) is 0 Å². The van der Waals surface area contributed by atoms with E-state index in [0.717, 1.165) is 10.0 Å². The van der Waals surface area contributed by atoms with Crippen LogP contribution in [0.3, 0.4) is 0 Å². The molecule has 0 bridgehead atoms. The van der Waals surface area contributed by atoms with Gasteiger partial charge in [-0.1, -0.05) is 33.6 Å². The Balaban J connectivity index is 2.15. The fourth-order valence-corrected chi connectivity index (χ4v) is 2.45. The number of rotatable bonds is 3. The van der Waals surface area contributed by atoms with Gasteiger partial charge in [0.1, 0.15) is 5.76 Å². The van der Waals surface area contributed by atoms with Gasteiger partial charge in [-0.15, -0.1) is 0 Å². The van der Waals surface area contributed by atoms with Crippen molar-refractivity contribution in [3.05, 3.63) is 56.4 Å². The maximum atomic E-state index is 6.12. The van der Waals surface area contributed by atoms with Gasteiger partial charge in [-0.05, 0) is 47.9 Å². The highest BCUT2D eigenvalue weighted by atomic mass is 79.9. The number of nitrogens with two attached hydrogens (primary N) is 1. The summed E-state index contributed by atoms with van der Waals surface area (Å²) >= 11 is 15.2. The molecule has 0 spiro atoms. The first-order valence-corrected chi connectivity index (χ1v) is 6.56. The SMILES string of the molecule is NC(Cc1ccc(Br)cc1Cl)c1ccc(Cl)o1. The minimum absolute atomic E-state index is 0.249. The Labute approximate surface area is 118 Å². The van der Waals surface area contributed by atoms with E-state index in [2.05, 4.69) is 15.9 Å². The molecule has 90 valence electrons. The first-order valence-electron chi connectivity index (χ1n) is 5.01. The number of benzene rings is 1. The molecule has 0 fully saturated rings. The molecule has 0 saturated heterocycles. The monoisotopic (exact) mass is 333 g/mol. The van der Waals surface area contributed by atoms with Crippen LogP contribution >= 0.6 is 39.1 Å². The standard InChI is InChI=1S/C12H10BrCl2NO/c13-8-2-1-7(9(14)6-8)5-10(16)11-3-4-12(15)17-11/h1-4,6,10H,5,16H2. The molecule has 2 rings (SSSR count). The molecule has 2 N–H and O–H groups in total. The molecular weight excluding hydrogens is 325 g/mol. The van der Waals surface area contributed by atoms with Crippen molar-refractivity contribution in [2.45, 2.75) is 12.5 Å². The van der Waals surface area contributed by atoms with Crippen LogP contribution in [0.1, 0.15) is 17.4 Å². The van der Waals surface area contributed by atoms with Gasteiger partial charge in [0.25, 0.3) is 0 Å². The Morgan fingerprint density at radius 1 is 1.24 bits per heavy atom. The molecule has 1 unspecified atom stereocenters. The van der Waals surface area contributed by atoms with Gasteiger partial charge >= 0.3 is 0 Å². The lowest BCUT2D eigenvalue weighted by molar-refractivity contribution is 0.466.